The van der Waals surface area contributed by atoms with Gasteiger partial charge in [0.25, 0.3) is 0 Å². The summed E-state index contributed by atoms with van der Waals surface area (Å²) in [5, 5.41) is 8.74. The van der Waals surface area contributed by atoms with Crippen molar-refractivity contribution in [2.75, 3.05) is 11.1 Å². The molecule has 1 aromatic rings. The predicted molar refractivity (Wildman–Crippen MR) is 86.6 cm³/mol. The standard InChI is InChI=1S/C15H25N3O2S/c1-9-4-5-13(10(2)6-9)18-14-7-12(16)8-15(11(14)3)21(17,19)20/h7-10,13,18H,4-6,16H2,1-3H3,(H2,17,19,20). The summed E-state index contributed by atoms with van der Waals surface area (Å²) in [6.07, 6.45) is 3.45. The summed E-state index contributed by atoms with van der Waals surface area (Å²) in [6.45, 7) is 6.27. The van der Waals surface area contributed by atoms with Crippen molar-refractivity contribution < 1.29 is 8.42 Å². The van der Waals surface area contributed by atoms with Crippen molar-refractivity contribution in [3.05, 3.63) is 17.7 Å². The number of sulfonamides is 1. The maximum Gasteiger partial charge on any atom is 0.238 e. The Morgan fingerprint density at radius 1 is 1.24 bits per heavy atom. The molecular weight excluding hydrogens is 286 g/mol. The zero-order valence-corrected chi connectivity index (χ0v) is 13.7. The van der Waals surface area contributed by atoms with E-state index in [1.165, 1.54) is 18.9 Å². The van der Waals surface area contributed by atoms with E-state index in [-0.39, 0.29) is 4.90 Å². The minimum absolute atomic E-state index is 0.0989. The first kappa shape index (κ1) is 16.1. The van der Waals surface area contributed by atoms with Crippen LogP contribution in [0, 0.1) is 18.8 Å². The van der Waals surface area contributed by atoms with Gasteiger partial charge in [0.1, 0.15) is 0 Å². The average molecular weight is 311 g/mol. The van der Waals surface area contributed by atoms with Crippen molar-refractivity contribution in [3.8, 4) is 0 Å². The summed E-state index contributed by atoms with van der Waals surface area (Å²) in [4.78, 5) is 0.0989. The van der Waals surface area contributed by atoms with E-state index >= 15 is 0 Å². The molecule has 6 heteroatoms. The Kier molecular flexibility index (Phi) is 4.49. The predicted octanol–water partition coefficient (Wildman–Crippen LogP) is 2.46. The number of hydrogen-bond acceptors (Lipinski definition) is 4. The lowest BCUT2D eigenvalue weighted by atomic mass is 9.80. The second-order valence-electron chi connectivity index (χ2n) is 6.38. The lowest BCUT2D eigenvalue weighted by Crippen LogP contribution is -2.33. The lowest BCUT2D eigenvalue weighted by molar-refractivity contribution is 0.276. The first-order valence-corrected chi connectivity index (χ1v) is 8.92. The Morgan fingerprint density at radius 3 is 2.48 bits per heavy atom. The second kappa shape index (κ2) is 5.85. The fraction of sp³-hybridized carbons (Fsp3) is 0.600. The van der Waals surface area contributed by atoms with Gasteiger partial charge in [-0.1, -0.05) is 13.8 Å². The van der Waals surface area contributed by atoms with Crippen LogP contribution in [0.2, 0.25) is 0 Å². The molecule has 0 amide bonds. The summed E-state index contributed by atoms with van der Waals surface area (Å²) in [7, 11) is -3.76. The van der Waals surface area contributed by atoms with Gasteiger partial charge in [0.15, 0.2) is 0 Å². The van der Waals surface area contributed by atoms with E-state index in [0.717, 1.165) is 18.0 Å². The van der Waals surface area contributed by atoms with Crippen molar-refractivity contribution in [1.29, 1.82) is 0 Å². The van der Waals surface area contributed by atoms with Gasteiger partial charge in [-0.2, -0.15) is 0 Å². The molecule has 2 rings (SSSR count). The van der Waals surface area contributed by atoms with Gasteiger partial charge in [0, 0.05) is 17.4 Å². The van der Waals surface area contributed by atoms with E-state index in [1.54, 1.807) is 13.0 Å². The largest absolute Gasteiger partial charge is 0.399 e. The molecule has 1 aliphatic rings. The highest BCUT2D eigenvalue weighted by Gasteiger charge is 2.26. The molecule has 0 saturated heterocycles. The van der Waals surface area contributed by atoms with Crippen LogP contribution in [0.25, 0.3) is 0 Å². The molecule has 0 bridgehead atoms. The van der Waals surface area contributed by atoms with Crippen molar-refractivity contribution >= 4 is 21.4 Å². The monoisotopic (exact) mass is 311 g/mol. The average Bonchev–Trinajstić information content (AvgIpc) is 2.35. The SMILES string of the molecule is Cc1c(NC2CCC(C)CC2C)cc(N)cc1S(N)(=O)=O. The van der Waals surface area contributed by atoms with Gasteiger partial charge in [-0.05, 0) is 55.7 Å². The molecule has 0 radical (unpaired) electrons. The maximum atomic E-state index is 11.7. The minimum Gasteiger partial charge on any atom is -0.399 e. The van der Waals surface area contributed by atoms with Crippen molar-refractivity contribution in [2.45, 2.75) is 51.0 Å². The number of nitrogens with two attached hydrogens (primary N) is 2. The molecule has 1 aliphatic carbocycles. The van der Waals surface area contributed by atoms with Crippen molar-refractivity contribution in [2.24, 2.45) is 17.0 Å². The smallest absolute Gasteiger partial charge is 0.238 e. The van der Waals surface area contributed by atoms with Gasteiger partial charge in [-0.25, -0.2) is 13.6 Å². The van der Waals surface area contributed by atoms with Crippen LogP contribution in [-0.4, -0.2) is 14.5 Å². The summed E-state index contributed by atoms with van der Waals surface area (Å²) in [6, 6.07) is 3.55. The zero-order valence-electron chi connectivity index (χ0n) is 12.9. The summed E-state index contributed by atoms with van der Waals surface area (Å²) >= 11 is 0. The number of benzene rings is 1. The van der Waals surface area contributed by atoms with E-state index < -0.39 is 10.0 Å². The number of nitrogens with one attached hydrogen (secondary N) is 1. The van der Waals surface area contributed by atoms with Gasteiger partial charge in [-0.3, -0.25) is 0 Å². The molecule has 21 heavy (non-hydrogen) atoms. The molecule has 118 valence electrons. The summed E-state index contributed by atoms with van der Waals surface area (Å²) in [5.74, 6) is 1.30. The molecular formula is C15H25N3O2S. The fourth-order valence-corrected chi connectivity index (χ4v) is 4.07. The molecule has 5 nitrogen and oxygen atoms in total. The van der Waals surface area contributed by atoms with E-state index in [1.807, 2.05) is 0 Å². The quantitative estimate of drug-likeness (QED) is 0.747. The van der Waals surface area contributed by atoms with Crippen LogP contribution < -0.4 is 16.2 Å². The molecule has 0 spiro atoms. The van der Waals surface area contributed by atoms with E-state index in [4.69, 9.17) is 10.9 Å². The molecule has 3 unspecified atom stereocenters. The van der Waals surface area contributed by atoms with Crippen LogP contribution in [0.5, 0.6) is 0 Å². The highest BCUT2D eigenvalue weighted by atomic mass is 32.2. The van der Waals surface area contributed by atoms with Crippen LogP contribution in [0.1, 0.15) is 38.7 Å². The van der Waals surface area contributed by atoms with E-state index in [0.29, 0.717) is 23.2 Å². The third-order valence-electron chi connectivity index (χ3n) is 4.46. The second-order valence-corrected chi connectivity index (χ2v) is 7.91. The Labute approximate surface area is 127 Å². The van der Waals surface area contributed by atoms with Gasteiger partial charge in [-0.15, -0.1) is 0 Å². The molecule has 1 aromatic carbocycles. The van der Waals surface area contributed by atoms with Crippen molar-refractivity contribution in [1.82, 2.24) is 0 Å². The first-order chi connectivity index (χ1) is 9.68. The number of rotatable bonds is 3. The Bertz CT molecular complexity index is 628. The minimum atomic E-state index is -3.76. The molecule has 0 aromatic heterocycles. The fourth-order valence-electron chi connectivity index (χ4n) is 3.23. The van der Waals surface area contributed by atoms with Gasteiger partial charge < -0.3 is 11.1 Å². The van der Waals surface area contributed by atoms with Gasteiger partial charge >= 0.3 is 0 Å². The molecule has 0 heterocycles. The van der Waals surface area contributed by atoms with Crippen LogP contribution >= 0.6 is 0 Å². The molecule has 5 N–H and O–H groups in total. The van der Waals surface area contributed by atoms with E-state index in [2.05, 4.69) is 19.2 Å². The highest BCUT2D eigenvalue weighted by molar-refractivity contribution is 7.89. The van der Waals surface area contributed by atoms with Crippen LogP contribution in [0.15, 0.2) is 17.0 Å². The van der Waals surface area contributed by atoms with Gasteiger partial charge in [0.05, 0.1) is 4.90 Å². The zero-order chi connectivity index (χ0) is 15.8. The van der Waals surface area contributed by atoms with E-state index in [9.17, 15) is 8.42 Å². The number of anilines is 2. The molecule has 0 aliphatic heterocycles. The third kappa shape index (κ3) is 3.68. The third-order valence-corrected chi connectivity index (χ3v) is 5.50. The molecule has 1 fully saturated rings. The Hall–Kier alpha value is -1.27. The first-order valence-electron chi connectivity index (χ1n) is 7.38. The molecule has 1 saturated carbocycles. The van der Waals surface area contributed by atoms with Gasteiger partial charge in [0.2, 0.25) is 10.0 Å². The number of primary sulfonamides is 1. The highest BCUT2D eigenvalue weighted by Crippen LogP contribution is 2.33. The lowest BCUT2D eigenvalue weighted by Gasteiger charge is -2.34. The van der Waals surface area contributed by atoms with Crippen molar-refractivity contribution in [3.63, 3.8) is 0 Å². The number of hydrogen-bond donors (Lipinski definition) is 3. The number of nitrogen functional groups attached to an aromatic ring is 1. The maximum absolute atomic E-state index is 11.7. The topological polar surface area (TPSA) is 98.2 Å². The summed E-state index contributed by atoms with van der Waals surface area (Å²) in [5.41, 5.74) is 7.64. The normalized spacial score (nSPS) is 26.6. The van der Waals surface area contributed by atoms with Crippen LogP contribution in [0.4, 0.5) is 11.4 Å². The van der Waals surface area contributed by atoms with Crippen LogP contribution in [0.3, 0.4) is 0 Å². The Balaban J connectivity index is 2.31. The molecule has 3 atom stereocenters. The summed E-state index contributed by atoms with van der Waals surface area (Å²) < 4.78 is 23.3. The Morgan fingerprint density at radius 2 is 1.90 bits per heavy atom. The van der Waals surface area contributed by atoms with Crippen LogP contribution in [-0.2, 0) is 10.0 Å².